The lowest BCUT2D eigenvalue weighted by atomic mass is 10.2. The number of anilines is 2. The van der Waals surface area contributed by atoms with Gasteiger partial charge in [-0.1, -0.05) is 0 Å². The molecule has 3 aromatic heterocycles. The predicted octanol–water partition coefficient (Wildman–Crippen LogP) is 2.67. The predicted molar refractivity (Wildman–Crippen MR) is 89.8 cm³/mol. The minimum atomic E-state index is -0.185. The Morgan fingerprint density at radius 2 is 2.17 bits per heavy atom. The molecule has 0 unspecified atom stereocenters. The number of aromatic nitrogens is 4. The molecular weight excluding hydrogens is 312 g/mol. The maximum absolute atomic E-state index is 12.7. The van der Waals surface area contributed by atoms with Crippen LogP contribution in [0.2, 0.25) is 0 Å². The Balaban J connectivity index is 1.71. The van der Waals surface area contributed by atoms with Crippen molar-refractivity contribution in [3.8, 4) is 0 Å². The third-order valence-corrected chi connectivity index (χ3v) is 5.15. The van der Waals surface area contributed by atoms with Gasteiger partial charge in [0.2, 0.25) is 5.95 Å². The number of amides is 1. The molecule has 0 aliphatic heterocycles. The molecule has 0 aromatic carbocycles. The molecule has 1 amide bonds. The van der Waals surface area contributed by atoms with E-state index >= 15 is 0 Å². The molecule has 1 aliphatic rings. The van der Waals surface area contributed by atoms with E-state index in [0.717, 1.165) is 28.6 Å². The van der Waals surface area contributed by atoms with Crippen molar-refractivity contribution >= 4 is 39.2 Å². The van der Waals surface area contributed by atoms with Crippen molar-refractivity contribution in [3.63, 3.8) is 0 Å². The third-order valence-electron chi connectivity index (χ3n) is 3.97. The summed E-state index contributed by atoms with van der Waals surface area (Å²) in [4.78, 5) is 26.8. The van der Waals surface area contributed by atoms with Crippen LogP contribution in [0.15, 0.2) is 12.4 Å². The molecule has 7 nitrogen and oxygen atoms in total. The molecule has 3 heterocycles. The second kappa shape index (κ2) is 5.02. The lowest BCUT2D eigenvalue weighted by molar-refractivity contribution is 0.102. The van der Waals surface area contributed by atoms with Crippen molar-refractivity contribution in [1.82, 2.24) is 19.5 Å². The number of hydrogen-bond donors (Lipinski definition) is 2. The molecule has 4 rings (SSSR count). The van der Waals surface area contributed by atoms with Crippen molar-refractivity contribution in [2.24, 2.45) is 0 Å². The first-order chi connectivity index (χ1) is 11.0. The topological polar surface area (TPSA) is 98.7 Å². The van der Waals surface area contributed by atoms with Crippen LogP contribution >= 0.6 is 11.3 Å². The van der Waals surface area contributed by atoms with Crippen LogP contribution in [0.1, 0.15) is 39.9 Å². The van der Waals surface area contributed by atoms with Gasteiger partial charge in [-0.15, -0.1) is 11.3 Å². The first kappa shape index (κ1) is 14.1. The molecule has 3 N–H and O–H groups in total. The molecule has 0 bridgehead atoms. The average Bonchev–Trinajstić information content (AvgIpc) is 3.14. The quantitative estimate of drug-likeness (QED) is 0.770. The molecule has 3 aromatic rings. The number of carbonyl (C=O) groups is 1. The number of aryl methyl sites for hydroxylation is 2. The van der Waals surface area contributed by atoms with E-state index in [1.54, 1.807) is 13.1 Å². The van der Waals surface area contributed by atoms with E-state index in [1.165, 1.54) is 11.3 Å². The first-order valence-electron chi connectivity index (χ1n) is 7.42. The van der Waals surface area contributed by atoms with Crippen LogP contribution in [0.25, 0.3) is 10.2 Å². The summed E-state index contributed by atoms with van der Waals surface area (Å²) in [7, 11) is 0. The zero-order chi connectivity index (χ0) is 16.1. The fourth-order valence-corrected chi connectivity index (χ4v) is 3.84. The van der Waals surface area contributed by atoms with Gasteiger partial charge >= 0.3 is 0 Å². The Morgan fingerprint density at radius 1 is 1.39 bits per heavy atom. The highest BCUT2D eigenvalue weighted by atomic mass is 32.1. The van der Waals surface area contributed by atoms with Crippen molar-refractivity contribution in [3.05, 3.63) is 28.7 Å². The SMILES string of the molecule is Cc1nc(N)c2c(C)c(C(=O)Nc3nccn3C3CC3)sc2n1. The molecule has 23 heavy (non-hydrogen) atoms. The Hall–Kier alpha value is -2.48. The number of nitrogens with two attached hydrogens (primary N) is 1. The molecule has 8 heteroatoms. The summed E-state index contributed by atoms with van der Waals surface area (Å²) >= 11 is 1.33. The number of nitrogens with one attached hydrogen (secondary N) is 1. The monoisotopic (exact) mass is 328 g/mol. The molecule has 0 radical (unpaired) electrons. The lowest BCUT2D eigenvalue weighted by Crippen LogP contribution is -2.15. The largest absolute Gasteiger partial charge is 0.383 e. The first-order valence-corrected chi connectivity index (χ1v) is 8.23. The summed E-state index contributed by atoms with van der Waals surface area (Å²) in [5.74, 6) is 1.42. The summed E-state index contributed by atoms with van der Waals surface area (Å²) in [5.41, 5.74) is 6.80. The summed E-state index contributed by atoms with van der Waals surface area (Å²) < 4.78 is 2.01. The molecule has 118 valence electrons. The number of nitrogens with zero attached hydrogens (tertiary/aromatic N) is 4. The second-order valence-electron chi connectivity index (χ2n) is 5.74. The lowest BCUT2D eigenvalue weighted by Gasteiger charge is -2.07. The standard InChI is InChI=1S/C15H16N6OS/c1-7-10-12(16)18-8(2)19-14(10)23-11(7)13(22)20-15-17-5-6-21(15)9-3-4-9/h5-6,9H,3-4H2,1-2H3,(H2,16,18,19)(H,17,20,22). The van der Waals surface area contributed by atoms with Gasteiger partial charge < -0.3 is 10.3 Å². The van der Waals surface area contributed by atoms with Crippen LogP contribution in [0.5, 0.6) is 0 Å². The highest BCUT2D eigenvalue weighted by Gasteiger charge is 2.27. The molecule has 1 fully saturated rings. The number of carbonyl (C=O) groups excluding carboxylic acids is 1. The Bertz CT molecular complexity index is 924. The smallest absolute Gasteiger partial charge is 0.268 e. The maximum atomic E-state index is 12.7. The summed E-state index contributed by atoms with van der Waals surface area (Å²) in [5, 5.41) is 3.66. The summed E-state index contributed by atoms with van der Waals surface area (Å²) in [6.45, 7) is 3.66. The summed E-state index contributed by atoms with van der Waals surface area (Å²) in [6.07, 6.45) is 5.87. The van der Waals surface area contributed by atoms with Crippen LogP contribution in [0.3, 0.4) is 0 Å². The molecule has 1 aliphatic carbocycles. The van der Waals surface area contributed by atoms with Crippen molar-refractivity contribution in [2.45, 2.75) is 32.7 Å². The van der Waals surface area contributed by atoms with Crippen molar-refractivity contribution in [1.29, 1.82) is 0 Å². The van der Waals surface area contributed by atoms with Crippen LogP contribution < -0.4 is 11.1 Å². The number of hydrogen-bond acceptors (Lipinski definition) is 6. The van der Waals surface area contributed by atoms with Gasteiger partial charge in [-0.05, 0) is 32.3 Å². The Morgan fingerprint density at radius 3 is 2.91 bits per heavy atom. The Kier molecular flexibility index (Phi) is 3.08. The van der Waals surface area contributed by atoms with Gasteiger partial charge in [-0.3, -0.25) is 10.1 Å². The van der Waals surface area contributed by atoms with E-state index in [9.17, 15) is 4.79 Å². The van der Waals surface area contributed by atoms with Crippen LogP contribution in [-0.4, -0.2) is 25.4 Å². The summed E-state index contributed by atoms with van der Waals surface area (Å²) in [6, 6.07) is 0.459. The van der Waals surface area contributed by atoms with Gasteiger partial charge in [-0.25, -0.2) is 15.0 Å². The van der Waals surface area contributed by atoms with E-state index in [4.69, 9.17) is 5.73 Å². The molecule has 0 atom stereocenters. The van der Waals surface area contributed by atoms with Gasteiger partial charge in [0.1, 0.15) is 16.5 Å². The molecule has 0 saturated heterocycles. The number of fused-ring (bicyclic) bond motifs is 1. The minimum Gasteiger partial charge on any atom is -0.383 e. The van der Waals surface area contributed by atoms with Gasteiger partial charge in [-0.2, -0.15) is 0 Å². The average molecular weight is 328 g/mol. The normalized spacial score (nSPS) is 14.3. The van der Waals surface area contributed by atoms with E-state index < -0.39 is 0 Å². The van der Waals surface area contributed by atoms with E-state index in [-0.39, 0.29) is 5.91 Å². The molecular formula is C15H16N6OS. The van der Waals surface area contributed by atoms with E-state index in [1.807, 2.05) is 17.7 Å². The fourth-order valence-electron chi connectivity index (χ4n) is 2.71. The van der Waals surface area contributed by atoms with Gasteiger partial charge in [0, 0.05) is 18.4 Å². The number of rotatable bonds is 3. The van der Waals surface area contributed by atoms with Gasteiger partial charge in [0.05, 0.1) is 10.3 Å². The van der Waals surface area contributed by atoms with E-state index in [0.29, 0.717) is 28.5 Å². The zero-order valence-corrected chi connectivity index (χ0v) is 13.6. The van der Waals surface area contributed by atoms with Gasteiger partial charge in [0.25, 0.3) is 5.91 Å². The highest BCUT2D eigenvalue weighted by Crippen LogP contribution is 2.37. The van der Waals surface area contributed by atoms with Crippen LogP contribution in [0, 0.1) is 13.8 Å². The zero-order valence-electron chi connectivity index (χ0n) is 12.8. The van der Waals surface area contributed by atoms with E-state index in [2.05, 4.69) is 20.3 Å². The molecule has 1 saturated carbocycles. The van der Waals surface area contributed by atoms with Gasteiger partial charge in [0.15, 0.2) is 0 Å². The second-order valence-corrected chi connectivity index (χ2v) is 6.73. The number of nitrogen functional groups attached to an aromatic ring is 1. The fraction of sp³-hybridized carbons (Fsp3) is 0.333. The van der Waals surface area contributed by atoms with Crippen molar-refractivity contribution < 1.29 is 4.79 Å². The van der Waals surface area contributed by atoms with Crippen LogP contribution in [-0.2, 0) is 0 Å². The third kappa shape index (κ3) is 2.35. The number of imidazole rings is 1. The van der Waals surface area contributed by atoms with Crippen LogP contribution in [0.4, 0.5) is 11.8 Å². The van der Waals surface area contributed by atoms with Crippen molar-refractivity contribution in [2.75, 3.05) is 11.1 Å². The Labute approximate surface area is 136 Å². The minimum absolute atomic E-state index is 0.185. The maximum Gasteiger partial charge on any atom is 0.268 e. The number of thiophene rings is 1. The molecule has 0 spiro atoms. The highest BCUT2D eigenvalue weighted by molar-refractivity contribution is 7.20.